The Kier molecular flexibility index (Phi) is 11.2. The van der Waals surface area contributed by atoms with Gasteiger partial charge in [0.25, 0.3) is 0 Å². The summed E-state index contributed by atoms with van der Waals surface area (Å²) in [6, 6.07) is 98.0. The third-order valence-corrected chi connectivity index (χ3v) is 18.3. The van der Waals surface area contributed by atoms with Crippen molar-refractivity contribution in [3.63, 3.8) is 0 Å². The highest BCUT2D eigenvalue weighted by Crippen LogP contribution is 2.52. The lowest BCUT2D eigenvalue weighted by atomic mass is 9.75. The van der Waals surface area contributed by atoms with Gasteiger partial charge in [-0.25, -0.2) is 0 Å². The summed E-state index contributed by atoms with van der Waals surface area (Å²) < 4.78 is 0. The number of benzene rings is 14. The van der Waals surface area contributed by atoms with Gasteiger partial charge in [-0.05, 0) is 189 Å². The van der Waals surface area contributed by atoms with Crippen molar-refractivity contribution in [3.05, 3.63) is 313 Å². The maximum absolute atomic E-state index is 2.53. The molecule has 0 radical (unpaired) electrons. The molecule has 0 aromatic heterocycles. The molecule has 1 atom stereocenters. The zero-order chi connectivity index (χ0) is 55.2. The second-order valence-corrected chi connectivity index (χ2v) is 23.0. The number of fused-ring (bicyclic) bond motifs is 12. The summed E-state index contributed by atoms with van der Waals surface area (Å²) in [4.78, 5) is 5.04. The Balaban J connectivity index is 0.991. The van der Waals surface area contributed by atoms with Crippen molar-refractivity contribution < 1.29 is 0 Å². The van der Waals surface area contributed by atoms with E-state index in [-0.39, 0.29) is 5.92 Å². The van der Waals surface area contributed by atoms with E-state index < -0.39 is 0 Å². The van der Waals surface area contributed by atoms with Gasteiger partial charge in [0, 0.05) is 39.3 Å². The lowest BCUT2D eigenvalue weighted by Gasteiger charge is -2.31. The van der Waals surface area contributed by atoms with E-state index in [1.54, 1.807) is 0 Å². The molecule has 14 aromatic rings. The van der Waals surface area contributed by atoms with E-state index in [9.17, 15) is 0 Å². The van der Waals surface area contributed by atoms with Crippen molar-refractivity contribution in [1.29, 1.82) is 0 Å². The zero-order valence-corrected chi connectivity index (χ0v) is 46.4. The summed E-state index contributed by atoms with van der Waals surface area (Å²) in [6.45, 7) is 0. The predicted molar refractivity (Wildman–Crippen MR) is 361 cm³/mol. The van der Waals surface area contributed by atoms with Crippen LogP contribution in [0.3, 0.4) is 0 Å². The van der Waals surface area contributed by atoms with Crippen molar-refractivity contribution in [1.82, 2.24) is 0 Å². The highest BCUT2D eigenvalue weighted by atomic mass is 15.2. The lowest BCUT2D eigenvalue weighted by Crippen LogP contribution is -2.13. The maximum atomic E-state index is 2.53. The average Bonchev–Trinajstić information content (AvgIpc) is 1.03. The molecule has 2 nitrogen and oxygen atoms in total. The van der Waals surface area contributed by atoms with E-state index in [1.807, 2.05) is 0 Å². The van der Waals surface area contributed by atoms with Crippen LogP contribution in [0.5, 0.6) is 0 Å². The van der Waals surface area contributed by atoms with E-state index in [2.05, 4.69) is 307 Å². The van der Waals surface area contributed by atoms with Crippen LogP contribution in [-0.4, -0.2) is 0 Å². The van der Waals surface area contributed by atoms with Crippen molar-refractivity contribution >= 4 is 133 Å². The smallest absolute Gasteiger partial charge is 0.0540 e. The molecule has 0 saturated carbocycles. The largest absolute Gasteiger partial charge is 0.310 e. The second-order valence-electron chi connectivity index (χ2n) is 23.0. The van der Waals surface area contributed by atoms with Crippen LogP contribution in [0.25, 0.3) is 110 Å². The average molecular weight is 1070 g/mol. The maximum Gasteiger partial charge on any atom is 0.0540 e. The minimum Gasteiger partial charge on any atom is -0.310 e. The first-order chi connectivity index (χ1) is 41.6. The molecule has 3 aliphatic rings. The Morgan fingerprint density at radius 3 is 1.69 bits per heavy atom. The third kappa shape index (κ3) is 7.86. The first-order valence-electron chi connectivity index (χ1n) is 29.6. The minimum absolute atomic E-state index is 0.229. The van der Waals surface area contributed by atoms with Gasteiger partial charge in [0.05, 0.1) is 17.1 Å². The number of anilines is 6. The summed E-state index contributed by atoms with van der Waals surface area (Å²) in [5.41, 5.74) is 18.5. The van der Waals surface area contributed by atoms with Gasteiger partial charge in [0.15, 0.2) is 0 Å². The number of aryl methyl sites for hydroxylation is 1. The van der Waals surface area contributed by atoms with Crippen LogP contribution in [0.15, 0.2) is 285 Å². The summed E-state index contributed by atoms with van der Waals surface area (Å²) in [6.07, 6.45) is 17.3. The van der Waals surface area contributed by atoms with Crippen LogP contribution in [0.4, 0.5) is 34.1 Å². The van der Waals surface area contributed by atoms with E-state index in [4.69, 9.17) is 0 Å². The molecule has 3 aliphatic carbocycles. The quantitative estimate of drug-likeness (QED) is 0.111. The van der Waals surface area contributed by atoms with Crippen LogP contribution in [-0.2, 0) is 6.42 Å². The summed E-state index contributed by atoms with van der Waals surface area (Å²) >= 11 is 0. The SMILES string of the molecule is C1=Cc2c(cccc2N(c2ccc3ccccc3c2)c2ccc3c(-c4ccc5c(ccc6ccccc65)c4)c4cc(N(c5cccc6ccccc56)c5cccc6ccccc56)ccc4c(C4=CC=C5c6ccccc6C=CC5C4)c3c2)CC1. The highest BCUT2D eigenvalue weighted by Gasteiger charge is 2.29. The van der Waals surface area contributed by atoms with Crippen LogP contribution >= 0.6 is 0 Å². The fraction of sp³-hybridized carbons (Fsp3) is 0.0488. The molecule has 0 N–H and O–H groups in total. The molecule has 2 heteroatoms. The number of hydrogen-bond donors (Lipinski definition) is 0. The number of allylic oxidation sites excluding steroid dienone is 6. The molecule has 0 bridgehead atoms. The molecule has 0 saturated heterocycles. The van der Waals surface area contributed by atoms with Gasteiger partial charge in [-0.1, -0.05) is 237 Å². The van der Waals surface area contributed by atoms with Crippen LogP contribution in [0.2, 0.25) is 0 Å². The van der Waals surface area contributed by atoms with Crippen LogP contribution in [0.1, 0.15) is 40.7 Å². The van der Waals surface area contributed by atoms with Gasteiger partial charge in [-0.2, -0.15) is 0 Å². The number of rotatable bonds is 8. The Morgan fingerprint density at radius 2 is 0.905 bits per heavy atom. The van der Waals surface area contributed by atoms with Crippen molar-refractivity contribution in [2.45, 2.75) is 19.3 Å². The molecular weight excluding hydrogens is 1010 g/mol. The summed E-state index contributed by atoms with van der Waals surface area (Å²) in [7, 11) is 0. The van der Waals surface area contributed by atoms with E-state index in [0.717, 1.165) is 47.7 Å². The number of nitrogens with zero attached hydrogens (tertiary/aromatic N) is 2. The van der Waals surface area contributed by atoms with E-state index in [1.165, 1.54) is 131 Å². The molecule has 0 aliphatic heterocycles. The molecule has 14 aromatic carbocycles. The molecule has 84 heavy (non-hydrogen) atoms. The van der Waals surface area contributed by atoms with Crippen molar-refractivity contribution in [3.8, 4) is 11.1 Å². The molecule has 17 rings (SSSR count). The monoisotopic (exact) mass is 1070 g/mol. The Morgan fingerprint density at radius 1 is 0.345 bits per heavy atom. The lowest BCUT2D eigenvalue weighted by molar-refractivity contribution is 0.858. The van der Waals surface area contributed by atoms with Gasteiger partial charge >= 0.3 is 0 Å². The zero-order valence-electron chi connectivity index (χ0n) is 46.4. The Bertz CT molecular complexity index is 5110. The van der Waals surface area contributed by atoms with Gasteiger partial charge in [-0.3, -0.25) is 0 Å². The number of hydrogen-bond acceptors (Lipinski definition) is 2. The minimum atomic E-state index is 0.229. The van der Waals surface area contributed by atoms with E-state index in [0.29, 0.717) is 0 Å². The first kappa shape index (κ1) is 48.2. The fourth-order valence-electron chi connectivity index (χ4n) is 14.4. The molecule has 0 amide bonds. The Labute approximate surface area is 489 Å². The molecule has 1 unspecified atom stereocenters. The van der Waals surface area contributed by atoms with Crippen LogP contribution in [0, 0.1) is 5.92 Å². The Hall–Kier alpha value is -10.5. The standard InChI is InChI=1S/C82H56N2/c1-2-22-59-50-64(41-38-53(59)16-1)83(78-31-13-23-54-17-5-10-28-71(54)78)65-42-46-74-76(51-65)81(62-39-44-69-60(48-62)36-34-57-20-3-8-26-67(57)69)75-47-43-66(52-77(75)82(74)63-40-45-70-61(49-63)37-35-58-21-4-9-27-68(58)70)84(79-32-14-24-55-18-6-11-29-72(55)79)80-33-15-25-56-19-7-12-30-73(56)80/h1-4,6-16,18-47,49-52,60H,5,17,48H2. The third-order valence-electron chi connectivity index (χ3n) is 18.3. The molecule has 394 valence electrons. The predicted octanol–water partition coefficient (Wildman–Crippen LogP) is 22.8. The summed E-state index contributed by atoms with van der Waals surface area (Å²) in [5.74, 6) is 0.229. The normalized spacial score (nSPS) is 14.5. The molecule has 0 spiro atoms. The second kappa shape index (κ2) is 19.6. The van der Waals surface area contributed by atoms with Gasteiger partial charge < -0.3 is 9.80 Å². The molecule has 0 fully saturated rings. The first-order valence-corrected chi connectivity index (χ1v) is 29.6. The fourth-order valence-corrected chi connectivity index (χ4v) is 14.4. The summed E-state index contributed by atoms with van der Waals surface area (Å²) in [5, 5.41) is 17.1. The molecule has 0 heterocycles. The van der Waals surface area contributed by atoms with Crippen molar-refractivity contribution in [2.75, 3.05) is 9.80 Å². The highest BCUT2D eigenvalue weighted by molar-refractivity contribution is 6.22. The van der Waals surface area contributed by atoms with Gasteiger partial charge in [0.2, 0.25) is 0 Å². The van der Waals surface area contributed by atoms with Gasteiger partial charge in [0.1, 0.15) is 0 Å². The van der Waals surface area contributed by atoms with Gasteiger partial charge in [-0.15, -0.1) is 0 Å². The van der Waals surface area contributed by atoms with Crippen LogP contribution < -0.4 is 9.80 Å². The topological polar surface area (TPSA) is 6.48 Å². The van der Waals surface area contributed by atoms with E-state index >= 15 is 0 Å². The molecular formula is C82H56N2. The van der Waals surface area contributed by atoms with Crippen molar-refractivity contribution in [2.24, 2.45) is 5.92 Å².